The van der Waals surface area contributed by atoms with Gasteiger partial charge in [0.15, 0.2) is 0 Å². The highest BCUT2D eigenvalue weighted by atomic mass is 35.5. The molecule has 0 aliphatic carbocycles. The van der Waals surface area contributed by atoms with E-state index in [2.05, 4.69) is 16.4 Å². The number of thiophene rings is 1. The first-order valence-corrected chi connectivity index (χ1v) is 7.65. The van der Waals surface area contributed by atoms with Crippen LogP contribution in [-0.2, 0) is 6.54 Å². The van der Waals surface area contributed by atoms with Crippen LogP contribution in [0.1, 0.15) is 10.4 Å². The van der Waals surface area contributed by atoms with Gasteiger partial charge in [-0.05, 0) is 18.2 Å². The van der Waals surface area contributed by atoms with Gasteiger partial charge in [0, 0.05) is 16.8 Å². The Bertz CT molecular complexity index is 770. The number of hydrogen-bond acceptors (Lipinski definition) is 5. The lowest BCUT2D eigenvalue weighted by molar-refractivity contribution is 1.19. The first-order chi connectivity index (χ1) is 9.28. The number of fused-ring (bicyclic) bond motifs is 1. The second-order valence-electron chi connectivity index (χ2n) is 3.89. The number of nitrogens with zero attached hydrogens (tertiary/aromatic N) is 2. The molecule has 2 heterocycles. The van der Waals surface area contributed by atoms with E-state index >= 15 is 0 Å². The van der Waals surface area contributed by atoms with E-state index in [1.807, 2.05) is 29.1 Å². The maximum Gasteiger partial charge on any atom is 0.106 e. The van der Waals surface area contributed by atoms with Crippen LogP contribution in [0.4, 0.5) is 5.69 Å². The molecule has 1 N–H and O–H groups in total. The summed E-state index contributed by atoms with van der Waals surface area (Å²) in [4.78, 5) is 5.43. The Balaban J connectivity index is 1.87. The van der Waals surface area contributed by atoms with Crippen molar-refractivity contribution in [2.45, 2.75) is 6.54 Å². The quantitative estimate of drug-likeness (QED) is 0.775. The topological polar surface area (TPSA) is 48.7 Å². The molecule has 0 saturated heterocycles. The minimum Gasteiger partial charge on any atom is -0.377 e. The molecule has 0 aliphatic heterocycles. The largest absolute Gasteiger partial charge is 0.377 e. The number of benzene rings is 1. The van der Waals surface area contributed by atoms with Gasteiger partial charge in [-0.3, -0.25) is 0 Å². The average molecular weight is 306 g/mol. The fourth-order valence-electron chi connectivity index (χ4n) is 1.78. The lowest BCUT2D eigenvalue weighted by Gasteiger charge is -2.07. The Hall–Kier alpha value is -1.61. The van der Waals surface area contributed by atoms with Crippen LogP contribution in [-0.4, -0.2) is 4.98 Å². The summed E-state index contributed by atoms with van der Waals surface area (Å²) in [5.74, 6) is 0. The Kier molecular flexibility index (Phi) is 3.38. The van der Waals surface area contributed by atoms with Crippen molar-refractivity contribution >= 4 is 50.2 Å². The normalized spacial score (nSPS) is 10.5. The lowest BCUT2D eigenvalue weighted by atomic mass is 10.2. The Morgan fingerprint density at radius 1 is 1.37 bits per heavy atom. The zero-order valence-corrected chi connectivity index (χ0v) is 12.1. The van der Waals surface area contributed by atoms with Gasteiger partial charge in [0.05, 0.1) is 26.5 Å². The molecule has 2 aromatic heterocycles. The van der Waals surface area contributed by atoms with Gasteiger partial charge in [0.25, 0.3) is 0 Å². The summed E-state index contributed by atoms with van der Waals surface area (Å²) in [6.45, 7) is 0.642. The maximum absolute atomic E-state index is 8.80. The van der Waals surface area contributed by atoms with Gasteiger partial charge in [-0.15, -0.1) is 22.7 Å². The molecule has 0 bridgehead atoms. The molecule has 0 atom stereocenters. The van der Waals surface area contributed by atoms with Crippen molar-refractivity contribution in [2.75, 3.05) is 5.32 Å². The third kappa shape index (κ3) is 2.43. The van der Waals surface area contributed by atoms with E-state index in [0.29, 0.717) is 17.1 Å². The van der Waals surface area contributed by atoms with E-state index in [4.69, 9.17) is 16.9 Å². The highest BCUT2D eigenvalue weighted by molar-refractivity contribution is 7.16. The van der Waals surface area contributed by atoms with E-state index in [9.17, 15) is 0 Å². The third-order valence-electron chi connectivity index (χ3n) is 2.67. The van der Waals surface area contributed by atoms with Crippen LogP contribution >= 0.6 is 34.3 Å². The van der Waals surface area contributed by atoms with Gasteiger partial charge in [0.2, 0.25) is 0 Å². The lowest BCUT2D eigenvalue weighted by Crippen LogP contribution is -1.98. The summed E-state index contributed by atoms with van der Waals surface area (Å²) in [6.07, 6.45) is 0. The highest BCUT2D eigenvalue weighted by Crippen LogP contribution is 2.32. The molecule has 19 heavy (non-hydrogen) atoms. The second-order valence-corrected chi connectivity index (χ2v) is 6.18. The van der Waals surface area contributed by atoms with Crippen molar-refractivity contribution in [1.29, 1.82) is 5.26 Å². The van der Waals surface area contributed by atoms with Gasteiger partial charge in [-0.2, -0.15) is 5.26 Å². The summed E-state index contributed by atoms with van der Waals surface area (Å²) < 4.78 is 1.11. The van der Waals surface area contributed by atoms with Crippen molar-refractivity contribution in [1.82, 2.24) is 4.98 Å². The number of rotatable bonds is 3. The number of anilines is 1. The van der Waals surface area contributed by atoms with Gasteiger partial charge in [-0.25, -0.2) is 4.98 Å². The molecule has 6 heteroatoms. The van der Waals surface area contributed by atoms with Crippen molar-refractivity contribution in [2.24, 2.45) is 0 Å². The van der Waals surface area contributed by atoms with Gasteiger partial charge >= 0.3 is 0 Å². The molecule has 0 spiro atoms. The summed E-state index contributed by atoms with van der Waals surface area (Å²) in [6, 6.07) is 7.86. The van der Waals surface area contributed by atoms with E-state index < -0.39 is 0 Å². The molecule has 94 valence electrons. The third-order valence-corrected chi connectivity index (χ3v) is 4.72. The molecule has 0 unspecified atom stereocenters. The fraction of sp³-hybridized carbons (Fsp3) is 0.0769. The molecular formula is C13H8ClN3S2. The molecule has 0 radical (unpaired) electrons. The van der Waals surface area contributed by atoms with Crippen LogP contribution in [0.15, 0.2) is 29.1 Å². The molecule has 0 amide bonds. The molecule has 3 rings (SSSR count). The molecule has 0 aliphatic rings. The molecule has 0 fully saturated rings. The van der Waals surface area contributed by atoms with Crippen molar-refractivity contribution in [3.63, 3.8) is 0 Å². The molecular weight excluding hydrogens is 298 g/mol. The van der Waals surface area contributed by atoms with E-state index in [1.165, 1.54) is 0 Å². The first-order valence-electron chi connectivity index (χ1n) is 5.51. The van der Waals surface area contributed by atoms with Gasteiger partial charge < -0.3 is 5.32 Å². The summed E-state index contributed by atoms with van der Waals surface area (Å²) >= 11 is 9.36. The molecule has 3 aromatic rings. The summed E-state index contributed by atoms with van der Waals surface area (Å²) in [5.41, 5.74) is 4.26. The predicted molar refractivity (Wildman–Crippen MR) is 81.0 cm³/mol. The highest BCUT2D eigenvalue weighted by Gasteiger charge is 2.09. The zero-order chi connectivity index (χ0) is 13.2. The number of halogens is 1. The van der Waals surface area contributed by atoms with Gasteiger partial charge in [-0.1, -0.05) is 11.6 Å². The van der Waals surface area contributed by atoms with Crippen LogP contribution < -0.4 is 5.32 Å². The van der Waals surface area contributed by atoms with Crippen LogP contribution in [0.25, 0.3) is 10.2 Å². The average Bonchev–Trinajstić information content (AvgIpc) is 3.05. The minimum atomic E-state index is 0.642. The second kappa shape index (κ2) is 5.17. The van der Waals surface area contributed by atoms with E-state index in [1.54, 1.807) is 22.7 Å². The Labute approximate surface area is 123 Å². The maximum atomic E-state index is 8.80. The van der Waals surface area contributed by atoms with E-state index in [0.717, 1.165) is 20.8 Å². The number of thiazole rings is 1. The monoisotopic (exact) mass is 305 g/mol. The van der Waals surface area contributed by atoms with E-state index in [-0.39, 0.29) is 0 Å². The van der Waals surface area contributed by atoms with Crippen LogP contribution in [0, 0.1) is 11.3 Å². The Morgan fingerprint density at radius 3 is 3.05 bits per heavy atom. The van der Waals surface area contributed by atoms with Crippen LogP contribution in [0.2, 0.25) is 5.02 Å². The SMILES string of the molecule is N#Cc1csc(CNc2c(Cl)ccc3scnc23)c1. The first kappa shape index (κ1) is 12.4. The van der Waals surface area contributed by atoms with Crippen molar-refractivity contribution in [3.05, 3.63) is 44.6 Å². The minimum absolute atomic E-state index is 0.642. The fourth-order valence-corrected chi connectivity index (χ4v) is 3.44. The van der Waals surface area contributed by atoms with Crippen LogP contribution in [0.5, 0.6) is 0 Å². The predicted octanol–water partition coefficient (Wildman–Crippen LogP) is 4.49. The summed E-state index contributed by atoms with van der Waals surface area (Å²) in [5, 5.41) is 14.6. The molecule has 3 nitrogen and oxygen atoms in total. The van der Waals surface area contributed by atoms with Crippen molar-refractivity contribution < 1.29 is 0 Å². The van der Waals surface area contributed by atoms with Gasteiger partial charge in [0.1, 0.15) is 11.6 Å². The molecule has 1 aromatic carbocycles. The number of aromatic nitrogens is 1. The summed E-state index contributed by atoms with van der Waals surface area (Å²) in [7, 11) is 0. The van der Waals surface area contributed by atoms with Crippen molar-refractivity contribution in [3.8, 4) is 6.07 Å². The smallest absolute Gasteiger partial charge is 0.106 e. The zero-order valence-electron chi connectivity index (χ0n) is 9.68. The molecule has 0 saturated carbocycles. The number of nitriles is 1. The standard InChI is InChI=1S/C13H8ClN3S2/c14-10-1-2-11-13(17-7-19-11)12(10)16-5-9-3-8(4-15)6-18-9/h1-3,6-7,16H,5H2. The number of hydrogen-bond donors (Lipinski definition) is 1. The Morgan fingerprint density at radius 2 is 2.26 bits per heavy atom. The number of nitrogens with one attached hydrogen (secondary N) is 1. The van der Waals surface area contributed by atoms with Crippen LogP contribution in [0.3, 0.4) is 0 Å².